The summed E-state index contributed by atoms with van der Waals surface area (Å²) in [5.74, 6) is 0.150. The van der Waals surface area contributed by atoms with Crippen LogP contribution in [-0.4, -0.2) is 59.0 Å². The number of ether oxygens (including phenoxy) is 2. The predicted octanol–water partition coefficient (Wildman–Crippen LogP) is 1.97. The molecule has 2 aliphatic heterocycles. The van der Waals surface area contributed by atoms with Crippen molar-refractivity contribution in [3.63, 3.8) is 0 Å². The molecular formula is C16H22N2O3S. The van der Waals surface area contributed by atoms with E-state index in [1.54, 1.807) is 6.20 Å². The number of hydrogen-bond donors (Lipinski definition) is 0. The van der Waals surface area contributed by atoms with Crippen LogP contribution in [0.3, 0.4) is 0 Å². The smallest absolute Gasteiger partial charge is 0.236 e. The van der Waals surface area contributed by atoms with Gasteiger partial charge in [-0.2, -0.15) is 0 Å². The summed E-state index contributed by atoms with van der Waals surface area (Å²) < 4.78 is 11.6. The molecule has 0 unspecified atom stereocenters. The third kappa shape index (κ3) is 3.45. The average molecular weight is 322 g/mol. The Bertz CT molecular complexity index is 519. The first-order valence-electron chi connectivity index (χ1n) is 7.70. The molecule has 1 aromatic rings. The lowest BCUT2D eigenvalue weighted by Gasteiger charge is -2.43. The molecular weight excluding hydrogens is 300 g/mol. The molecule has 0 N–H and O–H groups in total. The minimum Gasteiger partial charge on any atom is -0.378 e. The highest BCUT2D eigenvalue weighted by atomic mass is 32.2. The second-order valence-electron chi connectivity index (χ2n) is 6.06. The van der Waals surface area contributed by atoms with Crippen molar-refractivity contribution in [1.29, 1.82) is 0 Å². The van der Waals surface area contributed by atoms with Gasteiger partial charge in [-0.1, -0.05) is 17.8 Å². The number of carbonyl (C=O) groups excluding carboxylic acids is 1. The Morgan fingerprint density at radius 3 is 3.09 bits per heavy atom. The second kappa shape index (κ2) is 6.56. The molecule has 120 valence electrons. The first kappa shape index (κ1) is 15.8. The summed E-state index contributed by atoms with van der Waals surface area (Å²) in [5, 5.41) is 0.725. The second-order valence-corrected chi connectivity index (χ2v) is 7.42. The van der Waals surface area contributed by atoms with Crippen LogP contribution in [0.15, 0.2) is 29.4 Å². The lowest BCUT2D eigenvalue weighted by molar-refractivity contribution is -0.165. The fraction of sp³-hybridized carbons (Fsp3) is 0.625. The molecule has 1 aromatic heterocycles. The van der Waals surface area contributed by atoms with Gasteiger partial charge >= 0.3 is 0 Å². The van der Waals surface area contributed by atoms with E-state index in [9.17, 15) is 4.79 Å². The number of nitrogens with zero attached hydrogens (tertiary/aromatic N) is 2. The molecule has 22 heavy (non-hydrogen) atoms. The lowest BCUT2D eigenvalue weighted by Crippen LogP contribution is -2.58. The Hall–Kier alpha value is -1.11. The molecule has 3 rings (SSSR count). The molecule has 0 saturated carbocycles. The molecule has 1 spiro atoms. The van der Waals surface area contributed by atoms with Crippen molar-refractivity contribution >= 4 is 17.7 Å². The monoisotopic (exact) mass is 322 g/mol. The van der Waals surface area contributed by atoms with Gasteiger partial charge < -0.3 is 14.4 Å². The molecule has 3 atom stereocenters. The Kier molecular flexibility index (Phi) is 4.70. The molecule has 1 amide bonds. The zero-order valence-corrected chi connectivity index (χ0v) is 13.8. The van der Waals surface area contributed by atoms with Crippen LogP contribution in [0.4, 0.5) is 0 Å². The van der Waals surface area contributed by atoms with Crippen molar-refractivity contribution < 1.29 is 14.3 Å². The van der Waals surface area contributed by atoms with Crippen molar-refractivity contribution in [3.05, 3.63) is 24.4 Å². The number of carbonyl (C=O) groups is 1. The van der Waals surface area contributed by atoms with Crippen molar-refractivity contribution in [2.45, 2.75) is 42.2 Å². The van der Waals surface area contributed by atoms with Gasteiger partial charge in [0.2, 0.25) is 5.91 Å². The fourth-order valence-corrected chi connectivity index (χ4v) is 3.99. The first-order valence-corrected chi connectivity index (χ1v) is 8.58. The highest BCUT2D eigenvalue weighted by Crippen LogP contribution is 2.31. The van der Waals surface area contributed by atoms with Crippen LogP contribution >= 0.6 is 11.8 Å². The van der Waals surface area contributed by atoms with Crippen molar-refractivity contribution in [1.82, 2.24) is 9.88 Å². The van der Waals surface area contributed by atoms with E-state index in [2.05, 4.69) is 4.98 Å². The number of hydrogen-bond acceptors (Lipinski definition) is 5. The minimum absolute atomic E-state index is 0.0476. The lowest BCUT2D eigenvalue weighted by atomic mass is 9.99. The maximum absolute atomic E-state index is 12.8. The third-order valence-corrected chi connectivity index (χ3v) is 5.11. The molecule has 0 bridgehead atoms. The summed E-state index contributed by atoms with van der Waals surface area (Å²) in [6, 6.07) is 5.75. The number of pyridine rings is 1. The van der Waals surface area contributed by atoms with Crippen molar-refractivity contribution in [2.24, 2.45) is 0 Å². The van der Waals surface area contributed by atoms with Crippen molar-refractivity contribution in [3.8, 4) is 0 Å². The van der Waals surface area contributed by atoms with Gasteiger partial charge in [-0.3, -0.25) is 4.79 Å². The fourth-order valence-electron chi connectivity index (χ4n) is 3.10. The van der Waals surface area contributed by atoms with Gasteiger partial charge in [-0.15, -0.1) is 0 Å². The number of thioether (sulfide) groups is 1. The van der Waals surface area contributed by atoms with E-state index in [0.29, 0.717) is 26.3 Å². The van der Waals surface area contributed by atoms with E-state index >= 15 is 0 Å². The molecule has 0 radical (unpaired) electrons. The van der Waals surface area contributed by atoms with Crippen LogP contribution in [-0.2, 0) is 14.3 Å². The van der Waals surface area contributed by atoms with Crippen molar-refractivity contribution in [2.75, 3.05) is 26.3 Å². The number of rotatable bonds is 3. The zero-order valence-electron chi connectivity index (χ0n) is 13.0. The van der Waals surface area contributed by atoms with E-state index in [-0.39, 0.29) is 22.9 Å². The van der Waals surface area contributed by atoms with Crippen LogP contribution in [0.25, 0.3) is 0 Å². The van der Waals surface area contributed by atoms with Gasteiger partial charge in [0.05, 0.1) is 29.5 Å². The van der Waals surface area contributed by atoms with Crippen LogP contribution < -0.4 is 0 Å². The average Bonchev–Trinajstić information content (AvgIpc) is 2.94. The van der Waals surface area contributed by atoms with E-state index in [4.69, 9.17) is 9.47 Å². The summed E-state index contributed by atoms with van der Waals surface area (Å²) in [7, 11) is 0. The Morgan fingerprint density at radius 1 is 1.55 bits per heavy atom. The summed E-state index contributed by atoms with van der Waals surface area (Å²) >= 11 is 1.50. The van der Waals surface area contributed by atoms with Crippen LogP contribution in [0.5, 0.6) is 0 Å². The minimum atomic E-state index is -0.303. The van der Waals surface area contributed by atoms with Gasteiger partial charge in [-0.25, -0.2) is 4.98 Å². The van der Waals surface area contributed by atoms with Gasteiger partial charge in [-0.05, 0) is 26.0 Å². The first-order chi connectivity index (χ1) is 10.6. The molecule has 2 fully saturated rings. The Balaban J connectivity index is 1.65. The third-order valence-electron chi connectivity index (χ3n) is 4.07. The maximum Gasteiger partial charge on any atom is 0.236 e. The zero-order chi connectivity index (χ0) is 15.6. The van der Waals surface area contributed by atoms with E-state index in [1.807, 2.05) is 36.9 Å². The standard InChI is InChI=1S/C16H22N2O3S/c1-12-9-18(10-16(21-12)6-8-20-11-16)15(19)13(2)22-14-5-3-4-7-17-14/h3-5,7,12-13H,6,8-11H2,1-2H3/t12-,13-,16-/m1/s1. The normalized spacial score (nSPS) is 29.7. The van der Waals surface area contributed by atoms with Gasteiger partial charge in [0.15, 0.2) is 0 Å². The SMILES string of the molecule is C[C@@H]1CN(C(=O)[C@@H](C)Sc2ccccn2)C[C@@]2(CCOC2)O1. The Morgan fingerprint density at radius 2 is 2.41 bits per heavy atom. The summed E-state index contributed by atoms with van der Waals surface area (Å²) in [6.07, 6.45) is 2.66. The van der Waals surface area contributed by atoms with E-state index in [1.165, 1.54) is 11.8 Å². The topological polar surface area (TPSA) is 51.7 Å². The highest BCUT2D eigenvalue weighted by Gasteiger charge is 2.44. The molecule has 0 aliphatic carbocycles. The van der Waals surface area contributed by atoms with Gasteiger partial charge in [0, 0.05) is 25.8 Å². The van der Waals surface area contributed by atoms with Gasteiger partial charge in [0.25, 0.3) is 0 Å². The quantitative estimate of drug-likeness (QED) is 0.796. The van der Waals surface area contributed by atoms with Crippen LogP contribution in [0, 0.1) is 0 Å². The van der Waals surface area contributed by atoms with Crippen LogP contribution in [0.1, 0.15) is 20.3 Å². The molecule has 0 aromatic carbocycles. The van der Waals surface area contributed by atoms with Gasteiger partial charge in [0.1, 0.15) is 5.60 Å². The summed E-state index contributed by atoms with van der Waals surface area (Å²) in [4.78, 5) is 19.0. The van der Waals surface area contributed by atoms with Crippen LogP contribution in [0.2, 0.25) is 0 Å². The predicted molar refractivity (Wildman–Crippen MR) is 84.9 cm³/mol. The number of morpholine rings is 1. The number of amides is 1. The highest BCUT2D eigenvalue weighted by molar-refractivity contribution is 8.00. The maximum atomic E-state index is 12.8. The molecule has 2 saturated heterocycles. The molecule has 5 nitrogen and oxygen atoms in total. The van der Waals surface area contributed by atoms with E-state index < -0.39 is 0 Å². The molecule has 3 heterocycles. The molecule has 2 aliphatic rings. The largest absolute Gasteiger partial charge is 0.378 e. The van der Waals surface area contributed by atoms with E-state index in [0.717, 1.165) is 11.4 Å². The summed E-state index contributed by atoms with van der Waals surface area (Å²) in [6.45, 7) is 6.54. The Labute approximate surface area is 135 Å². The summed E-state index contributed by atoms with van der Waals surface area (Å²) in [5.41, 5.74) is -0.303. The molecule has 6 heteroatoms. The number of aromatic nitrogens is 1.